The quantitative estimate of drug-likeness (QED) is 0.864. The molecule has 1 saturated heterocycles. The van der Waals surface area contributed by atoms with Gasteiger partial charge in [-0.15, -0.1) is 0 Å². The number of carboxylic acids is 1. The third-order valence-corrected chi connectivity index (χ3v) is 4.11. The number of carbonyl (C=O) groups is 2. The summed E-state index contributed by atoms with van der Waals surface area (Å²) >= 11 is 0. The van der Waals surface area contributed by atoms with Gasteiger partial charge in [-0.05, 0) is 26.2 Å². The molecule has 20 heavy (non-hydrogen) atoms. The van der Waals surface area contributed by atoms with Gasteiger partial charge < -0.3 is 10.0 Å². The van der Waals surface area contributed by atoms with Crippen molar-refractivity contribution in [1.82, 2.24) is 20.3 Å². The van der Waals surface area contributed by atoms with E-state index in [4.69, 9.17) is 0 Å². The zero-order chi connectivity index (χ0) is 14.8. The van der Waals surface area contributed by atoms with Crippen LogP contribution in [0, 0.1) is 12.3 Å². The number of rotatable bonds is 4. The lowest BCUT2D eigenvalue weighted by molar-refractivity contribution is -0.152. The van der Waals surface area contributed by atoms with Gasteiger partial charge in [-0.1, -0.05) is 13.3 Å². The number of likely N-dealkylation sites (tertiary alicyclic amines) is 1. The summed E-state index contributed by atoms with van der Waals surface area (Å²) in [6, 6.07) is 0. The highest BCUT2D eigenvalue weighted by Crippen LogP contribution is 2.36. The predicted molar refractivity (Wildman–Crippen MR) is 71.2 cm³/mol. The predicted octanol–water partition coefficient (Wildman–Crippen LogP) is 1.22. The van der Waals surface area contributed by atoms with E-state index in [9.17, 15) is 14.7 Å². The van der Waals surface area contributed by atoms with Crippen molar-refractivity contribution in [1.29, 1.82) is 0 Å². The fourth-order valence-corrected chi connectivity index (χ4v) is 2.82. The van der Waals surface area contributed by atoms with Crippen molar-refractivity contribution in [3.63, 3.8) is 0 Å². The molecule has 2 heterocycles. The molecule has 1 aromatic rings. The molecule has 0 radical (unpaired) electrons. The second-order valence-electron chi connectivity index (χ2n) is 5.39. The third kappa shape index (κ3) is 2.52. The number of piperidine rings is 1. The molecule has 1 amide bonds. The van der Waals surface area contributed by atoms with Crippen molar-refractivity contribution in [3.8, 4) is 0 Å². The number of nitrogens with zero attached hydrogens (tertiary/aromatic N) is 3. The summed E-state index contributed by atoms with van der Waals surface area (Å²) in [6.07, 6.45) is 2.49. The van der Waals surface area contributed by atoms with E-state index in [2.05, 4.69) is 15.4 Å². The Balaban J connectivity index is 2.05. The van der Waals surface area contributed by atoms with E-state index in [0.29, 0.717) is 43.7 Å². The van der Waals surface area contributed by atoms with Gasteiger partial charge in [0.05, 0.1) is 11.1 Å². The van der Waals surface area contributed by atoms with Crippen LogP contribution in [0.5, 0.6) is 0 Å². The minimum Gasteiger partial charge on any atom is -0.481 e. The van der Waals surface area contributed by atoms with E-state index in [0.717, 1.165) is 6.42 Å². The van der Waals surface area contributed by atoms with Crippen molar-refractivity contribution < 1.29 is 14.7 Å². The lowest BCUT2D eigenvalue weighted by atomic mass is 9.75. The number of H-pyrrole nitrogens is 1. The van der Waals surface area contributed by atoms with E-state index in [1.807, 2.05) is 6.92 Å². The van der Waals surface area contributed by atoms with Crippen LogP contribution >= 0.6 is 0 Å². The van der Waals surface area contributed by atoms with Crippen molar-refractivity contribution in [2.75, 3.05) is 13.1 Å². The summed E-state index contributed by atoms with van der Waals surface area (Å²) in [7, 11) is 0. The van der Waals surface area contributed by atoms with Crippen LogP contribution in [-0.2, 0) is 4.79 Å². The Hall–Kier alpha value is -1.92. The van der Waals surface area contributed by atoms with Crippen LogP contribution in [-0.4, -0.2) is 50.4 Å². The molecule has 1 aliphatic heterocycles. The standard InChI is InChI=1S/C13H20N4O3/c1-3-4-13(12(19)20)5-7-17(8-6-13)11(18)10-9(2)14-16-15-10/h3-8H2,1-2H3,(H,19,20)(H,14,15,16). The second-order valence-corrected chi connectivity index (χ2v) is 5.39. The highest BCUT2D eigenvalue weighted by molar-refractivity contribution is 5.93. The van der Waals surface area contributed by atoms with Crippen LogP contribution in [0.25, 0.3) is 0 Å². The molecular formula is C13H20N4O3. The van der Waals surface area contributed by atoms with Crippen molar-refractivity contribution in [2.24, 2.45) is 5.41 Å². The van der Waals surface area contributed by atoms with Crippen molar-refractivity contribution in [2.45, 2.75) is 39.5 Å². The van der Waals surface area contributed by atoms with E-state index < -0.39 is 11.4 Å². The van der Waals surface area contributed by atoms with Gasteiger partial charge in [0.1, 0.15) is 0 Å². The maximum Gasteiger partial charge on any atom is 0.309 e. The largest absolute Gasteiger partial charge is 0.481 e. The smallest absolute Gasteiger partial charge is 0.309 e. The Labute approximate surface area is 117 Å². The van der Waals surface area contributed by atoms with Crippen LogP contribution < -0.4 is 0 Å². The van der Waals surface area contributed by atoms with Gasteiger partial charge in [0, 0.05) is 13.1 Å². The Morgan fingerprint density at radius 3 is 2.45 bits per heavy atom. The zero-order valence-electron chi connectivity index (χ0n) is 11.8. The molecule has 2 N–H and O–H groups in total. The first-order valence-electron chi connectivity index (χ1n) is 6.90. The van der Waals surface area contributed by atoms with Gasteiger partial charge in [0.25, 0.3) is 5.91 Å². The molecule has 0 aliphatic carbocycles. The second kappa shape index (κ2) is 5.60. The number of carbonyl (C=O) groups excluding carboxylic acids is 1. The van der Waals surface area contributed by atoms with Gasteiger partial charge in [-0.2, -0.15) is 15.4 Å². The van der Waals surface area contributed by atoms with E-state index in [-0.39, 0.29) is 5.91 Å². The van der Waals surface area contributed by atoms with Crippen LogP contribution in [0.3, 0.4) is 0 Å². The monoisotopic (exact) mass is 280 g/mol. The van der Waals surface area contributed by atoms with Gasteiger partial charge in [0.15, 0.2) is 5.69 Å². The molecule has 1 fully saturated rings. The number of hydrogen-bond acceptors (Lipinski definition) is 4. The molecule has 7 heteroatoms. The molecule has 7 nitrogen and oxygen atoms in total. The van der Waals surface area contributed by atoms with Gasteiger partial charge in [0.2, 0.25) is 0 Å². The van der Waals surface area contributed by atoms with Gasteiger partial charge in [-0.3, -0.25) is 9.59 Å². The summed E-state index contributed by atoms with van der Waals surface area (Å²) < 4.78 is 0. The average Bonchev–Trinajstić information content (AvgIpc) is 2.85. The maximum absolute atomic E-state index is 12.3. The number of aromatic amines is 1. The maximum atomic E-state index is 12.3. The number of aryl methyl sites for hydroxylation is 1. The van der Waals surface area contributed by atoms with Crippen LogP contribution in [0.2, 0.25) is 0 Å². The van der Waals surface area contributed by atoms with Crippen molar-refractivity contribution in [3.05, 3.63) is 11.4 Å². The fourth-order valence-electron chi connectivity index (χ4n) is 2.82. The zero-order valence-corrected chi connectivity index (χ0v) is 11.8. The first-order chi connectivity index (χ1) is 9.50. The molecule has 0 spiro atoms. The summed E-state index contributed by atoms with van der Waals surface area (Å²) in [5.41, 5.74) is 0.214. The molecule has 0 saturated carbocycles. The lowest BCUT2D eigenvalue weighted by Crippen LogP contribution is -2.46. The lowest BCUT2D eigenvalue weighted by Gasteiger charge is -2.38. The topological polar surface area (TPSA) is 99.2 Å². The Morgan fingerprint density at radius 1 is 1.35 bits per heavy atom. The van der Waals surface area contributed by atoms with Crippen molar-refractivity contribution >= 4 is 11.9 Å². The van der Waals surface area contributed by atoms with E-state index in [1.54, 1.807) is 11.8 Å². The van der Waals surface area contributed by atoms with Crippen LogP contribution in [0.15, 0.2) is 0 Å². The van der Waals surface area contributed by atoms with Crippen LogP contribution in [0.1, 0.15) is 48.8 Å². The number of carboxylic acid groups (broad SMARTS) is 1. The Bertz CT molecular complexity index is 503. The minimum absolute atomic E-state index is 0.174. The Morgan fingerprint density at radius 2 is 2.00 bits per heavy atom. The number of nitrogens with one attached hydrogen (secondary N) is 1. The number of hydrogen-bond donors (Lipinski definition) is 2. The number of amides is 1. The summed E-state index contributed by atoms with van der Waals surface area (Å²) in [5.74, 6) is -0.921. The highest BCUT2D eigenvalue weighted by Gasteiger charge is 2.41. The molecule has 0 aromatic carbocycles. The summed E-state index contributed by atoms with van der Waals surface area (Å²) in [6.45, 7) is 4.62. The van der Waals surface area contributed by atoms with Crippen LogP contribution in [0.4, 0.5) is 0 Å². The molecule has 1 aromatic heterocycles. The first kappa shape index (κ1) is 14.5. The fraction of sp³-hybridized carbons (Fsp3) is 0.692. The third-order valence-electron chi connectivity index (χ3n) is 4.11. The van der Waals surface area contributed by atoms with Gasteiger partial charge in [-0.25, -0.2) is 0 Å². The molecule has 2 rings (SSSR count). The minimum atomic E-state index is -0.746. The molecular weight excluding hydrogens is 260 g/mol. The summed E-state index contributed by atoms with van der Waals surface area (Å²) in [5, 5.41) is 19.6. The summed E-state index contributed by atoms with van der Waals surface area (Å²) in [4.78, 5) is 25.4. The van der Waals surface area contributed by atoms with E-state index >= 15 is 0 Å². The molecule has 110 valence electrons. The molecule has 0 unspecified atom stereocenters. The normalized spacial score (nSPS) is 18.0. The number of aromatic nitrogens is 3. The molecule has 0 atom stereocenters. The number of aliphatic carboxylic acids is 1. The SMILES string of the molecule is CCCC1(C(=O)O)CCN(C(=O)c2n[nH]nc2C)CC1. The molecule has 0 bridgehead atoms. The van der Waals surface area contributed by atoms with E-state index in [1.165, 1.54) is 0 Å². The highest BCUT2D eigenvalue weighted by atomic mass is 16.4. The Kier molecular flexibility index (Phi) is 4.06. The average molecular weight is 280 g/mol. The first-order valence-corrected chi connectivity index (χ1v) is 6.90. The molecule has 1 aliphatic rings. The van der Waals surface area contributed by atoms with Gasteiger partial charge >= 0.3 is 5.97 Å².